The minimum Gasteiger partial charge on any atom is -0.397 e. The van der Waals surface area contributed by atoms with Crippen molar-refractivity contribution in [1.82, 2.24) is 20.3 Å². The lowest BCUT2D eigenvalue weighted by atomic mass is 10.3. The molecule has 7 heteroatoms. The van der Waals surface area contributed by atoms with Crippen molar-refractivity contribution >= 4 is 28.5 Å². The van der Waals surface area contributed by atoms with Gasteiger partial charge < -0.3 is 5.73 Å². The molecule has 0 bridgehead atoms. The maximum absolute atomic E-state index is 5.78. The molecule has 1 aromatic carbocycles. The van der Waals surface area contributed by atoms with E-state index in [0.29, 0.717) is 21.9 Å². The third kappa shape index (κ3) is 1.88. The van der Waals surface area contributed by atoms with E-state index in [1.54, 1.807) is 18.5 Å². The lowest BCUT2D eigenvalue weighted by molar-refractivity contribution is 0.315. The van der Waals surface area contributed by atoms with E-state index in [2.05, 4.69) is 20.3 Å². The van der Waals surface area contributed by atoms with Gasteiger partial charge in [-0.05, 0) is 46.7 Å². The topological polar surface area (TPSA) is 90.7 Å². The summed E-state index contributed by atoms with van der Waals surface area (Å²) in [7, 11) is 0. The molecule has 0 spiro atoms. The quantitative estimate of drug-likeness (QED) is 0.556. The normalized spacial score (nSPS) is 10.9. The standard InChI is InChI=1S/C11H9N5OS/c1-6-4-13-11(14-5-6)18-8-3-2-7(12)9-10(8)16-17-15-9/h2-5H,12H2,1H3. The molecule has 6 nitrogen and oxygen atoms in total. The first-order valence-electron chi connectivity index (χ1n) is 5.21. The first kappa shape index (κ1) is 11.0. The van der Waals surface area contributed by atoms with Crippen molar-refractivity contribution in [2.75, 3.05) is 5.73 Å². The number of aryl methyl sites for hydroxylation is 1. The molecule has 3 aromatic rings. The summed E-state index contributed by atoms with van der Waals surface area (Å²) in [6.07, 6.45) is 3.54. The fraction of sp³-hybridized carbons (Fsp3) is 0.0909. The predicted octanol–water partition coefficient (Wildman–Crippen LogP) is 2.05. The molecule has 0 amide bonds. The monoisotopic (exact) mass is 259 g/mol. The third-order valence-corrected chi connectivity index (χ3v) is 3.31. The molecular weight excluding hydrogens is 250 g/mol. The molecule has 0 saturated carbocycles. The van der Waals surface area contributed by atoms with Gasteiger partial charge in [0.25, 0.3) is 0 Å². The number of anilines is 1. The second-order valence-electron chi connectivity index (χ2n) is 3.76. The number of fused-ring (bicyclic) bond motifs is 1. The molecule has 0 aliphatic carbocycles. The number of aromatic nitrogens is 4. The lowest BCUT2D eigenvalue weighted by Crippen LogP contribution is -1.89. The number of nitrogens with two attached hydrogens (primary N) is 1. The van der Waals surface area contributed by atoms with Crippen LogP contribution in [0.25, 0.3) is 11.0 Å². The summed E-state index contributed by atoms with van der Waals surface area (Å²) in [4.78, 5) is 9.32. The second kappa shape index (κ2) is 4.26. The third-order valence-electron chi connectivity index (χ3n) is 2.37. The Labute approximate surface area is 107 Å². The van der Waals surface area contributed by atoms with E-state index in [-0.39, 0.29) is 0 Å². The van der Waals surface area contributed by atoms with Crippen molar-refractivity contribution in [3.05, 3.63) is 30.1 Å². The van der Waals surface area contributed by atoms with Gasteiger partial charge in [-0.25, -0.2) is 14.6 Å². The van der Waals surface area contributed by atoms with Crippen molar-refractivity contribution < 1.29 is 4.63 Å². The van der Waals surface area contributed by atoms with Crippen LogP contribution >= 0.6 is 11.8 Å². The highest BCUT2D eigenvalue weighted by Crippen LogP contribution is 2.32. The summed E-state index contributed by atoms with van der Waals surface area (Å²) < 4.78 is 4.71. The minimum atomic E-state index is 0.542. The first-order chi connectivity index (χ1) is 8.74. The number of nitrogen functional groups attached to an aromatic ring is 1. The van der Waals surface area contributed by atoms with Gasteiger partial charge in [0.05, 0.1) is 5.69 Å². The molecule has 0 unspecified atom stereocenters. The molecule has 0 atom stereocenters. The number of benzene rings is 1. The molecule has 0 aliphatic rings. The van der Waals surface area contributed by atoms with Crippen molar-refractivity contribution in [2.45, 2.75) is 17.0 Å². The number of hydrogen-bond donors (Lipinski definition) is 1. The van der Waals surface area contributed by atoms with Crippen LogP contribution in [0.4, 0.5) is 5.69 Å². The van der Waals surface area contributed by atoms with Crippen molar-refractivity contribution in [2.24, 2.45) is 0 Å². The van der Waals surface area contributed by atoms with E-state index in [1.165, 1.54) is 11.8 Å². The van der Waals surface area contributed by atoms with Crippen LogP contribution in [0.2, 0.25) is 0 Å². The molecule has 2 N–H and O–H groups in total. The van der Waals surface area contributed by atoms with E-state index < -0.39 is 0 Å². The Bertz CT molecular complexity index is 694. The summed E-state index contributed by atoms with van der Waals surface area (Å²) in [5, 5.41) is 8.27. The number of hydrogen-bond acceptors (Lipinski definition) is 7. The fourth-order valence-corrected chi connectivity index (χ4v) is 2.25. The molecule has 0 fully saturated rings. The first-order valence-corrected chi connectivity index (χ1v) is 6.03. The molecule has 2 aromatic heterocycles. The van der Waals surface area contributed by atoms with E-state index in [4.69, 9.17) is 10.4 Å². The van der Waals surface area contributed by atoms with Crippen LogP contribution in [0.15, 0.2) is 39.2 Å². The van der Waals surface area contributed by atoms with E-state index >= 15 is 0 Å². The molecule has 2 heterocycles. The van der Waals surface area contributed by atoms with Crippen LogP contribution in [-0.4, -0.2) is 20.3 Å². The predicted molar refractivity (Wildman–Crippen MR) is 67.1 cm³/mol. The molecule has 0 saturated heterocycles. The summed E-state index contributed by atoms with van der Waals surface area (Å²) in [6, 6.07) is 3.62. The van der Waals surface area contributed by atoms with Crippen LogP contribution in [0, 0.1) is 6.92 Å². The van der Waals surface area contributed by atoms with Crippen molar-refractivity contribution in [3.63, 3.8) is 0 Å². The Morgan fingerprint density at radius 3 is 2.61 bits per heavy atom. The lowest BCUT2D eigenvalue weighted by Gasteiger charge is -2.01. The Morgan fingerprint density at radius 2 is 1.83 bits per heavy atom. The molecule has 90 valence electrons. The van der Waals surface area contributed by atoms with Crippen LogP contribution in [0.1, 0.15) is 5.56 Å². The largest absolute Gasteiger partial charge is 0.397 e. The second-order valence-corrected chi connectivity index (χ2v) is 4.77. The van der Waals surface area contributed by atoms with Crippen LogP contribution in [-0.2, 0) is 0 Å². The van der Waals surface area contributed by atoms with Gasteiger partial charge in [-0.1, -0.05) is 0 Å². The minimum absolute atomic E-state index is 0.542. The summed E-state index contributed by atoms with van der Waals surface area (Å²) in [5.41, 5.74) is 8.53. The summed E-state index contributed by atoms with van der Waals surface area (Å²) in [5.74, 6) is 0. The van der Waals surface area contributed by atoms with Gasteiger partial charge in [0, 0.05) is 17.3 Å². The maximum Gasteiger partial charge on any atom is 0.192 e. The summed E-state index contributed by atoms with van der Waals surface area (Å²) >= 11 is 1.40. The Balaban J connectivity index is 2.02. The van der Waals surface area contributed by atoms with Crippen molar-refractivity contribution in [3.8, 4) is 0 Å². The van der Waals surface area contributed by atoms with Gasteiger partial charge in [0.15, 0.2) is 16.2 Å². The highest BCUT2D eigenvalue weighted by molar-refractivity contribution is 7.99. The maximum atomic E-state index is 5.78. The van der Waals surface area contributed by atoms with Crippen molar-refractivity contribution in [1.29, 1.82) is 0 Å². The number of nitrogens with zero attached hydrogens (tertiary/aromatic N) is 4. The van der Waals surface area contributed by atoms with Gasteiger partial charge in [-0.15, -0.1) is 0 Å². The Hall–Kier alpha value is -2.15. The SMILES string of the molecule is Cc1cnc(Sc2ccc(N)c3nonc23)nc1. The molecule has 0 aliphatic heterocycles. The van der Waals surface area contributed by atoms with Gasteiger partial charge in [-0.3, -0.25) is 0 Å². The zero-order valence-electron chi connectivity index (χ0n) is 9.49. The Kier molecular flexibility index (Phi) is 2.60. The zero-order chi connectivity index (χ0) is 12.5. The van der Waals surface area contributed by atoms with Gasteiger partial charge in [0.2, 0.25) is 0 Å². The van der Waals surface area contributed by atoms with E-state index in [0.717, 1.165) is 10.5 Å². The number of rotatable bonds is 2. The van der Waals surface area contributed by atoms with Crippen LogP contribution in [0.3, 0.4) is 0 Å². The molecular formula is C11H9N5OS. The summed E-state index contributed by atoms with van der Waals surface area (Å²) in [6.45, 7) is 1.94. The highest BCUT2D eigenvalue weighted by Gasteiger charge is 2.12. The highest BCUT2D eigenvalue weighted by atomic mass is 32.2. The van der Waals surface area contributed by atoms with Crippen LogP contribution in [0.5, 0.6) is 0 Å². The van der Waals surface area contributed by atoms with Gasteiger partial charge in [0.1, 0.15) is 0 Å². The fourth-order valence-electron chi connectivity index (χ4n) is 1.48. The smallest absolute Gasteiger partial charge is 0.192 e. The van der Waals surface area contributed by atoms with Crippen LogP contribution < -0.4 is 5.73 Å². The van der Waals surface area contributed by atoms with Gasteiger partial charge >= 0.3 is 0 Å². The average molecular weight is 259 g/mol. The Morgan fingerprint density at radius 1 is 1.11 bits per heavy atom. The van der Waals surface area contributed by atoms with E-state index in [1.807, 2.05) is 13.0 Å². The van der Waals surface area contributed by atoms with Gasteiger partial charge in [-0.2, -0.15) is 0 Å². The molecule has 18 heavy (non-hydrogen) atoms. The molecule has 3 rings (SSSR count). The molecule has 0 radical (unpaired) electrons. The average Bonchev–Trinajstić information content (AvgIpc) is 2.86. The zero-order valence-corrected chi connectivity index (χ0v) is 10.3. The van der Waals surface area contributed by atoms with E-state index in [9.17, 15) is 0 Å².